The molecule has 0 aromatic heterocycles. The molecule has 1 aliphatic heterocycles. The van der Waals surface area contributed by atoms with Crippen LogP contribution in [0.1, 0.15) is 39.0 Å². The minimum Gasteiger partial charge on any atom is -0.339 e. The Morgan fingerprint density at radius 3 is 2.73 bits per heavy atom. The molecule has 2 aliphatic carbocycles. The molecule has 3 fully saturated rings. The van der Waals surface area contributed by atoms with Gasteiger partial charge in [0.05, 0.1) is 0 Å². The molecular weight excluding hydrogens is 188 g/mol. The van der Waals surface area contributed by atoms with E-state index in [-0.39, 0.29) is 5.41 Å². The SMILES string of the molecule is CC1(C(=O)N2CC3CC(N)CC2C3)CC1. The predicted molar refractivity (Wildman–Crippen MR) is 58.2 cm³/mol. The summed E-state index contributed by atoms with van der Waals surface area (Å²) >= 11 is 0. The topological polar surface area (TPSA) is 46.3 Å². The van der Waals surface area contributed by atoms with Crippen molar-refractivity contribution in [2.45, 2.75) is 51.1 Å². The molecule has 1 heterocycles. The van der Waals surface area contributed by atoms with Gasteiger partial charge in [0.25, 0.3) is 0 Å². The van der Waals surface area contributed by atoms with E-state index in [2.05, 4.69) is 11.8 Å². The minimum absolute atomic E-state index is 0.00156. The van der Waals surface area contributed by atoms with Gasteiger partial charge in [0.1, 0.15) is 0 Å². The highest BCUT2D eigenvalue weighted by atomic mass is 16.2. The van der Waals surface area contributed by atoms with Crippen molar-refractivity contribution in [1.29, 1.82) is 0 Å². The maximum Gasteiger partial charge on any atom is 0.228 e. The predicted octanol–water partition coefficient (Wildman–Crippen LogP) is 1.12. The van der Waals surface area contributed by atoms with Crippen LogP contribution in [0.3, 0.4) is 0 Å². The van der Waals surface area contributed by atoms with Crippen LogP contribution in [-0.2, 0) is 4.79 Å². The summed E-state index contributed by atoms with van der Waals surface area (Å²) in [5.41, 5.74) is 6.01. The van der Waals surface area contributed by atoms with E-state index in [0.29, 0.717) is 23.9 Å². The summed E-state index contributed by atoms with van der Waals surface area (Å²) in [6.07, 6.45) is 5.53. The van der Waals surface area contributed by atoms with Crippen LogP contribution in [0.5, 0.6) is 0 Å². The molecule has 0 aromatic rings. The van der Waals surface area contributed by atoms with E-state index in [0.717, 1.165) is 32.2 Å². The highest BCUT2D eigenvalue weighted by Gasteiger charge is 2.51. The first kappa shape index (κ1) is 9.64. The van der Waals surface area contributed by atoms with E-state index in [4.69, 9.17) is 5.73 Å². The second-order valence-electron chi connectivity index (χ2n) is 6.01. The molecule has 2 N–H and O–H groups in total. The van der Waals surface area contributed by atoms with Crippen molar-refractivity contribution in [3.63, 3.8) is 0 Å². The van der Waals surface area contributed by atoms with Crippen LogP contribution in [0.15, 0.2) is 0 Å². The lowest BCUT2D eigenvalue weighted by molar-refractivity contribution is -0.137. The first-order chi connectivity index (χ1) is 7.08. The first-order valence-electron chi connectivity index (χ1n) is 6.15. The van der Waals surface area contributed by atoms with Gasteiger partial charge in [-0.3, -0.25) is 4.79 Å². The lowest BCUT2D eigenvalue weighted by Gasteiger charge is -2.29. The fourth-order valence-corrected chi connectivity index (χ4v) is 3.28. The van der Waals surface area contributed by atoms with Gasteiger partial charge in [-0.15, -0.1) is 0 Å². The average Bonchev–Trinajstić information content (AvgIpc) is 2.85. The lowest BCUT2D eigenvalue weighted by atomic mass is 9.87. The number of carbonyl (C=O) groups excluding carboxylic acids is 1. The van der Waals surface area contributed by atoms with Gasteiger partial charge in [-0.05, 0) is 38.0 Å². The van der Waals surface area contributed by atoms with E-state index in [1.807, 2.05) is 0 Å². The summed E-state index contributed by atoms with van der Waals surface area (Å²) in [5, 5.41) is 0. The monoisotopic (exact) mass is 208 g/mol. The van der Waals surface area contributed by atoms with Gasteiger partial charge in [-0.2, -0.15) is 0 Å². The Bertz CT molecular complexity index is 298. The molecular formula is C12H20N2O. The standard InChI is InChI=1S/C12H20N2O/c1-12(2-3-12)11(15)14-7-8-4-9(13)6-10(14)5-8/h8-10H,2-7,13H2,1H3. The Labute approximate surface area is 91.0 Å². The molecule has 2 bridgehead atoms. The summed E-state index contributed by atoms with van der Waals surface area (Å²) in [7, 11) is 0. The third-order valence-corrected chi connectivity index (χ3v) is 4.49. The van der Waals surface area contributed by atoms with Gasteiger partial charge in [0.2, 0.25) is 5.91 Å². The van der Waals surface area contributed by atoms with Crippen LogP contribution < -0.4 is 5.73 Å². The van der Waals surface area contributed by atoms with Crippen molar-refractivity contribution < 1.29 is 4.79 Å². The van der Waals surface area contributed by atoms with Crippen LogP contribution in [0.2, 0.25) is 0 Å². The fourth-order valence-electron chi connectivity index (χ4n) is 3.28. The maximum atomic E-state index is 12.3. The molecule has 3 unspecified atom stereocenters. The zero-order valence-electron chi connectivity index (χ0n) is 9.41. The Kier molecular flexibility index (Phi) is 1.91. The second-order valence-corrected chi connectivity index (χ2v) is 6.01. The maximum absolute atomic E-state index is 12.3. The third kappa shape index (κ3) is 1.48. The highest BCUT2D eigenvalue weighted by Crippen LogP contribution is 2.49. The van der Waals surface area contributed by atoms with Gasteiger partial charge in [-0.25, -0.2) is 0 Å². The third-order valence-electron chi connectivity index (χ3n) is 4.49. The van der Waals surface area contributed by atoms with Crippen molar-refractivity contribution in [2.75, 3.05) is 6.54 Å². The Balaban J connectivity index is 1.75. The number of rotatable bonds is 1. The van der Waals surface area contributed by atoms with Crippen molar-refractivity contribution in [3.05, 3.63) is 0 Å². The first-order valence-corrected chi connectivity index (χ1v) is 6.15. The quantitative estimate of drug-likeness (QED) is 0.702. The molecule has 0 radical (unpaired) electrons. The van der Waals surface area contributed by atoms with Crippen molar-refractivity contribution >= 4 is 5.91 Å². The largest absolute Gasteiger partial charge is 0.339 e. The molecule has 3 heteroatoms. The van der Waals surface area contributed by atoms with E-state index in [1.165, 1.54) is 6.42 Å². The van der Waals surface area contributed by atoms with Gasteiger partial charge in [0, 0.05) is 24.0 Å². The Morgan fingerprint density at radius 2 is 2.07 bits per heavy atom. The molecule has 3 nitrogen and oxygen atoms in total. The molecule has 1 amide bonds. The molecule has 0 aromatic carbocycles. The Morgan fingerprint density at radius 1 is 1.33 bits per heavy atom. The number of nitrogens with zero attached hydrogens (tertiary/aromatic N) is 1. The van der Waals surface area contributed by atoms with E-state index >= 15 is 0 Å². The number of amides is 1. The van der Waals surface area contributed by atoms with E-state index in [1.54, 1.807) is 0 Å². The van der Waals surface area contributed by atoms with Crippen LogP contribution in [-0.4, -0.2) is 29.4 Å². The zero-order valence-corrected chi connectivity index (χ0v) is 9.41. The van der Waals surface area contributed by atoms with Crippen LogP contribution in [0, 0.1) is 11.3 Å². The average molecular weight is 208 g/mol. The summed E-state index contributed by atoms with van der Waals surface area (Å²) in [5.74, 6) is 1.09. The van der Waals surface area contributed by atoms with Crippen molar-refractivity contribution in [2.24, 2.45) is 17.1 Å². The molecule has 84 valence electrons. The number of nitrogens with two attached hydrogens (primary N) is 1. The van der Waals surface area contributed by atoms with Crippen LogP contribution >= 0.6 is 0 Å². The number of likely N-dealkylation sites (tertiary alicyclic amines) is 1. The highest BCUT2D eigenvalue weighted by molar-refractivity contribution is 5.85. The fraction of sp³-hybridized carbons (Fsp3) is 0.917. The number of carbonyl (C=O) groups is 1. The molecule has 15 heavy (non-hydrogen) atoms. The molecule has 0 spiro atoms. The second kappa shape index (κ2) is 2.97. The van der Waals surface area contributed by atoms with Gasteiger partial charge in [0.15, 0.2) is 0 Å². The molecule has 2 saturated carbocycles. The zero-order chi connectivity index (χ0) is 10.6. The van der Waals surface area contributed by atoms with Crippen molar-refractivity contribution in [3.8, 4) is 0 Å². The summed E-state index contributed by atoms with van der Waals surface area (Å²) in [6.45, 7) is 3.09. The normalized spacial score (nSPS) is 41.7. The van der Waals surface area contributed by atoms with Gasteiger partial charge in [-0.1, -0.05) is 6.92 Å². The van der Waals surface area contributed by atoms with Crippen LogP contribution in [0.4, 0.5) is 0 Å². The number of hydrogen-bond donors (Lipinski definition) is 1. The summed E-state index contributed by atoms with van der Waals surface area (Å²) < 4.78 is 0. The number of fused-ring (bicyclic) bond motifs is 2. The summed E-state index contributed by atoms with van der Waals surface area (Å²) in [4.78, 5) is 14.4. The Hall–Kier alpha value is -0.570. The van der Waals surface area contributed by atoms with E-state index in [9.17, 15) is 4.79 Å². The van der Waals surface area contributed by atoms with Gasteiger partial charge < -0.3 is 10.6 Å². The smallest absolute Gasteiger partial charge is 0.228 e. The molecule has 3 atom stereocenters. The minimum atomic E-state index is 0.00156. The summed E-state index contributed by atoms with van der Waals surface area (Å²) in [6, 6.07) is 0.794. The number of hydrogen-bond acceptors (Lipinski definition) is 2. The molecule has 1 saturated heterocycles. The van der Waals surface area contributed by atoms with Gasteiger partial charge >= 0.3 is 0 Å². The lowest BCUT2D eigenvalue weighted by Crippen LogP contribution is -2.41. The van der Waals surface area contributed by atoms with E-state index < -0.39 is 0 Å². The molecule has 3 aliphatic rings. The van der Waals surface area contributed by atoms with Crippen molar-refractivity contribution in [1.82, 2.24) is 4.90 Å². The van der Waals surface area contributed by atoms with Crippen LogP contribution in [0.25, 0.3) is 0 Å². The molecule has 3 rings (SSSR count).